The number of nitrogens with one attached hydrogen (secondary N) is 2. The van der Waals surface area contributed by atoms with Gasteiger partial charge in [0.25, 0.3) is 5.91 Å². The number of hydrogen-bond donors (Lipinski definition) is 2. The number of halogens is 2. The third-order valence-electron chi connectivity index (χ3n) is 2.18. The SMILES string of the molecule is O=C(NCc1csc(=O)[nH]1)c1cc(I)ccc1Br. The van der Waals surface area contributed by atoms with Crippen molar-refractivity contribution < 1.29 is 4.79 Å². The molecule has 0 unspecified atom stereocenters. The van der Waals surface area contributed by atoms with Crippen molar-refractivity contribution in [1.29, 1.82) is 0 Å². The van der Waals surface area contributed by atoms with Gasteiger partial charge in [0.05, 0.1) is 12.1 Å². The Balaban J connectivity index is 2.08. The van der Waals surface area contributed by atoms with Gasteiger partial charge in [-0.1, -0.05) is 11.3 Å². The first-order valence-electron chi connectivity index (χ1n) is 4.96. The minimum Gasteiger partial charge on any atom is -0.346 e. The molecule has 2 aromatic rings. The minimum atomic E-state index is -0.174. The van der Waals surface area contributed by atoms with Crippen LogP contribution in [0, 0.1) is 3.57 Å². The number of aromatic amines is 1. The van der Waals surface area contributed by atoms with Crippen molar-refractivity contribution in [1.82, 2.24) is 10.3 Å². The van der Waals surface area contributed by atoms with Crippen molar-refractivity contribution in [3.05, 3.63) is 52.5 Å². The number of carbonyl (C=O) groups is 1. The van der Waals surface area contributed by atoms with Crippen LogP contribution in [0.2, 0.25) is 0 Å². The van der Waals surface area contributed by atoms with Gasteiger partial charge >= 0.3 is 4.87 Å². The van der Waals surface area contributed by atoms with Gasteiger partial charge in [0.2, 0.25) is 0 Å². The van der Waals surface area contributed by atoms with E-state index in [2.05, 4.69) is 48.8 Å². The van der Waals surface area contributed by atoms with Crippen LogP contribution >= 0.6 is 49.9 Å². The molecule has 0 atom stereocenters. The van der Waals surface area contributed by atoms with Gasteiger partial charge < -0.3 is 10.3 Å². The van der Waals surface area contributed by atoms with Crippen molar-refractivity contribution in [2.24, 2.45) is 0 Å². The second-order valence-electron chi connectivity index (χ2n) is 3.48. The van der Waals surface area contributed by atoms with Gasteiger partial charge in [-0.15, -0.1) is 0 Å². The van der Waals surface area contributed by atoms with Gasteiger partial charge in [0.15, 0.2) is 0 Å². The lowest BCUT2D eigenvalue weighted by molar-refractivity contribution is 0.0949. The number of rotatable bonds is 3. The average Bonchev–Trinajstić information content (AvgIpc) is 2.75. The Morgan fingerprint density at radius 2 is 2.28 bits per heavy atom. The highest BCUT2D eigenvalue weighted by Crippen LogP contribution is 2.19. The molecule has 0 saturated heterocycles. The fourth-order valence-electron chi connectivity index (χ4n) is 1.34. The van der Waals surface area contributed by atoms with E-state index in [1.165, 1.54) is 0 Å². The third-order valence-corrected chi connectivity index (χ3v) is 4.26. The van der Waals surface area contributed by atoms with Crippen LogP contribution < -0.4 is 10.2 Å². The zero-order valence-corrected chi connectivity index (χ0v) is 13.6. The molecule has 1 aromatic heterocycles. The molecule has 94 valence electrons. The molecule has 0 fully saturated rings. The van der Waals surface area contributed by atoms with Crippen LogP contribution in [-0.2, 0) is 6.54 Å². The minimum absolute atomic E-state index is 0.116. The number of carbonyl (C=O) groups excluding carboxylic acids is 1. The molecule has 0 saturated carbocycles. The molecular formula is C11H8BrIN2O2S. The van der Waals surface area contributed by atoms with E-state index in [9.17, 15) is 9.59 Å². The Bertz CT molecular complexity index is 638. The van der Waals surface area contributed by atoms with E-state index in [-0.39, 0.29) is 10.8 Å². The fourth-order valence-corrected chi connectivity index (χ4v) is 2.84. The van der Waals surface area contributed by atoms with E-state index >= 15 is 0 Å². The monoisotopic (exact) mass is 438 g/mol. The lowest BCUT2D eigenvalue weighted by Gasteiger charge is -2.06. The summed E-state index contributed by atoms with van der Waals surface area (Å²) in [7, 11) is 0. The molecule has 2 N–H and O–H groups in total. The topological polar surface area (TPSA) is 62.0 Å². The summed E-state index contributed by atoms with van der Waals surface area (Å²) in [6, 6.07) is 5.55. The van der Waals surface area contributed by atoms with Crippen LogP contribution in [0.25, 0.3) is 0 Å². The molecule has 1 amide bonds. The Labute approximate surface area is 129 Å². The van der Waals surface area contributed by atoms with Crippen molar-refractivity contribution in [2.45, 2.75) is 6.54 Å². The molecule has 7 heteroatoms. The highest BCUT2D eigenvalue weighted by Gasteiger charge is 2.10. The summed E-state index contributed by atoms with van der Waals surface area (Å²) in [5, 5.41) is 4.46. The number of thiazole rings is 1. The van der Waals surface area contributed by atoms with Crippen molar-refractivity contribution in [2.75, 3.05) is 0 Å². The largest absolute Gasteiger partial charge is 0.346 e. The summed E-state index contributed by atoms with van der Waals surface area (Å²) in [6.07, 6.45) is 0. The van der Waals surface area contributed by atoms with Gasteiger partial charge in [0.1, 0.15) is 0 Å². The van der Waals surface area contributed by atoms with Crippen molar-refractivity contribution >= 4 is 55.8 Å². The molecular weight excluding hydrogens is 431 g/mol. The first-order chi connectivity index (χ1) is 8.56. The van der Waals surface area contributed by atoms with Gasteiger partial charge in [-0.05, 0) is 56.7 Å². The lowest BCUT2D eigenvalue weighted by Crippen LogP contribution is -2.23. The summed E-state index contributed by atoms with van der Waals surface area (Å²) in [5.41, 5.74) is 1.29. The normalized spacial score (nSPS) is 10.3. The van der Waals surface area contributed by atoms with Gasteiger partial charge in [0, 0.05) is 19.1 Å². The molecule has 2 rings (SSSR count). The van der Waals surface area contributed by atoms with Crippen LogP contribution in [0.3, 0.4) is 0 Å². The highest BCUT2D eigenvalue weighted by molar-refractivity contribution is 14.1. The van der Waals surface area contributed by atoms with E-state index in [1.54, 1.807) is 11.4 Å². The maximum atomic E-state index is 12.0. The number of amides is 1. The summed E-state index contributed by atoms with van der Waals surface area (Å²) < 4.78 is 1.74. The molecule has 0 aliphatic rings. The molecule has 0 aliphatic carbocycles. The summed E-state index contributed by atoms with van der Waals surface area (Å²) in [5.74, 6) is -0.174. The van der Waals surface area contributed by atoms with Gasteiger partial charge in [-0.25, -0.2) is 0 Å². The zero-order chi connectivity index (χ0) is 13.1. The predicted molar refractivity (Wildman–Crippen MR) is 83.0 cm³/mol. The first-order valence-corrected chi connectivity index (χ1v) is 7.71. The second-order valence-corrected chi connectivity index (χ2v) is 6.42. The van der Waals surface area contributed by atoms with Crippen LogP contribution in [-0.4, -0.2) is 10.9 Å². The summed E-state index contributed by atoms with van der Waals surface area (Å²) in [4.78, 5) is 25.4. The van der Waals surface area contributed by atoms with Crippen LogP contribution in [0.1, 0.15) is 16.1 Å². The Hall–Kier alpha value is -0.670. The fraction of sp³-hybridized carbons (Fsp3) is 0.0909. The summed E-state index contributed by atoms with van der Waals surface area (Å²) >= 11 is 6.58. The summed E-state index contributed by atoms with van der Waals surface area (Å²) in [6.45, 7) is 0.315. The number of aromatic nitrogens is 1. The molecule has 1 aromatic carbocycles. The average molecular weight is 439 g/mol. The van der Waals surface area contributed by atoms with Crippen molar-refractivity contribution in [3.63, 3.8) is 0 Å². The van der Waals surface area contributed by atoms with Gasteiger partial charge in [-0.2, -0.15) is 0 Å². The van der Waals surface area contributed by atoms with Crippen LogP contribution in [0.15, 0.2) is 32.8 Å². The Kier molecular flexibility index (Phi) is 4.57. The maximum Gasteiger partial charge on any atom is 0.304 e. The van der Waals surface area contributed by atoms with E-state index in [0.29, 0.717) is 17.8 Å². The van der Waals surface area contributed by atoms with Crippen LogP contribution in [0.4, 0.5) is 0 Å². The van der Waals surface area contributed by atoms with E-state index in [0.717, 1.165) is 19.4 Å². The molecule has 0 bridgehead atoms. The molecule has 0 aliphatic heterocycles. The maximum absolute atomic E-state index is 12.0. The number of hydrogen-bond acceptors (Lipinski definition) is 3. The molecule has 1 heterocycles. The Morgan fingerprint density at radius 3 is 2.94 bits per heavy atom. The van der Waals surface area contributed by atoms with Crippen LogP contribution in [0.5, 0.6) is 0 Å². The van der Waals surface area contributed by atoms with E-state index in [1.807, 2.05) is 12.1 Å². The molecule has 0 radical (unpaired) electrons. The standard InChI is InChI=1S/C11H8BrIN2O2S/c12-9-2-1-6(13)3-8(9)10(16)14-4-7-5-18-11(17)15-7/h1-3,5H,4H2,(H,14,16)(H,15,17). The number of H-pyrrole nitrogens is 1. The third kappa shape index (κ3) is 3.42. The first kappa shape index (κ1) is 13.8. The smallest absolute Gasteiger partial charge is 0.304 e. The molecule has 18 heavy (non-hydrogen) atoms. The number of benzene rings is 1. The van der Waals surface area contributed by atoms with E-state index in [4.69, 9.17) is 0 Å². The molecule has 0 spiro atoms. The molecule has 4 nitrogen and oxygen atoms in total. The predicted octanol–water partition coefficient (Wildman–Crippen LogP) is 2.73. The highest BCUT2D eigenvalue weighted by atomic mass is 127. The zero-order valence-electron chi connectivity index (χ0n) is 9.00. The van der Waals surface area contributed by atoms with E-state index < -0.39 is 0 Å². The lowest BCUT2D eigenvalue weighted by atomic mass is 10.2. The Morgan fingerprint density at radius 1 is 1.50 bits per heavy atom. The van der Waals surface area contributed by atoms with Gasteiger partial charge in [-0.3, -0.25) is 9.59 Å². The van der Waals surface area contributed by atoms with Crippen molar-refractivity contribution in [3.8, 4) is 0 Å². The second kappa shape index (κ2) is 5.98. The quantitative estimate of drug-likeness (QED) is 0.724.